The van der Waals surface area contributed by atoms with Gasteiger partial charge in [-0.1, -0.05) is 31.2 Å². The van der Waals surface area contributed by atoms with Crippen LogP contribution in [0.15, 0.2) is 30.5 Å². The molecule has 0 saturated carbocycles. The van der Waals surface area contributed by atoms with Crippen molar-refractivity contribution in [3.05, 3.63) is 30.5 Å². The zero-order valence-corrected chi connectivity index (χ0v) is 12.0. The number of nitrogens with zero attached hydrogens (tertiary/aromatic N) is 3. The number of rotatable bonds is 4. The van der Waals surface area contributed by atoms with Crippen molar-refractivity contribution in [1.29, 1.82) is 0 Å². The molecule has 0 bridgehead atoms. The lowest BCUT2D eigenvalue weighted by Gasteiger charge is -2.35. The molecule has 0 amide bonds. The van der Waals surface area contributed by atoms with E-state index >= 15 is 0 Å². The van der Waals surface area contributed by atoms with E-state index < -0.39 is 0 Å². The average Bonchev–Trinajstić information content (AvgIpc) is 2.53. The Bertz CT molecular complexity index is 558. The number of benzene rings is 1. The van der Waals surface area contributed by atoms with Crippen LogP contribution in [0.25, 0.3) is 10.8 Å². The van der Waals surface area contributed by atoms with Crippen LogP contribution in [0, 0.1) is 0 Å². The van der Waals surface area contributed by atoms with E-state index in [4.69, 9.17) is 0 Å². The maximum atomic E-state index is 4.45. The summed E-state index contributed by atoms with van der Waals surface area (Å²) in [6.45, 7) is 5.44. The molecule has 0 radical (unpaired) electrons. The van der Waals surface area contributed by atoms with Gasteiger partial charge in [-0.15, -0.1) is 5.10 Å². The lowest BCUT2D eigenvalue weighted by atomic mass is 10.0. The Kier molecular flexibility index (Phi) is 4.11. The summed E-state index contributed by atoms with van der Waals surface area (Å²) in [6, 6.07) is 8.93. The first-order chi connectivity index (χ1) is 9.90. The first kappa shape index (κ1) is 13.3. The van der Waals surface area contributed by atoms with Crippen molar-refractivity contribution in [3.63, 3.8) is 0 Å². The number of aromatic nitrogens is 2. The van der Waals surface area contributed by atoms with Gasteiger partial charge in [-0.25, -0.2) is 0 Å². The zero-order chi connectivity index (χ0) is 13.8. The Hall–Kier alpha value is -1.68. The summed E-state index contributed by atoms with van der Waals surface area (Å²) in [4.78, 5) is 2.45. The third-order valence-electron chi connectivity index (χ3n) is 4.00. The van der Waals surface area contributed by atoms with E-state index in [1.165, 1.54) is 23.6 Å². The predicted octanol–water partition coefficient (Wildman–Crippen LogP) is 2.60. The summed E-state index contributed by atoms with van der Waals surface area (Å²) < 4.78 is 0. The average molecular weight is 270 g/mol. The van der Waals surface area contributed by atoms with Gasteiger partial charge in [0.2, 0.25) is 0 Å². The molecule has 1 aromatic heterocycles. The number of nitrogens with one attached hydrogen (secondary N) is 1. The lowest BCUT2D eigenvalue weighted by Crippen LogP contribution is -2.47. The van der Waals surface area contributed by atoms with Gasteiger partial charge in [0, 0.05) is 29.9 Å². The molecule has 2 heterocycles. The molecule has 1 saturated heterocycles. The van der Waals surface area contributed by atoms with Crippen LogP contribution >= 0.6 is 0 Å². The first-order valence-electron chi connectivity index (χ1n) is 7.58. The van der Waals surface area contributed by atoms with Crippen LogP contribution in [0.3, 0.4) is 0 Å². The molecule has 0 aliphatic carbocycles. The Morgan fingerprint density at radius 2 is 2.25 bits per heavy atom. The van der Waals surface area contributed by atoms with E-state index in [1.54, 1.807) is 0 Å². The second-order valence-corrected chi connectivity index (χ2v) is 5.45. The number of hydrogen-bond donors (Lipinski definition) is 1. The molecule has 20 heavy (non-hydrogen) atoms. The molecule has 1 fully saturated rings. The van der Waals surface area contributed by atoms with Crippen molar-refractivity contribution in [3.8, 4) is 0 Å². The molecule has 3 rings (SSSR count). The SMILES string of the molecule is CCCN(c1nncc2ccccc12)C1CCCNC1. The van der Waals surface area contributed by atoms with Gasteiger partial charge < -0.3 is 10.2 Å². The van der Waals surface area contributed by atoms with E-state index in [-0.39, 0.29) is 0 Å². The Labute approximate surface area is 120 Å². The van der Waals surface area contributed by atoms with Gasteiger partial charge >= 0.3 is 0 Å². The molecule has 0 spiro atoms. The molecule has 1 unspecified atom stereocenters. The molecule has 2 aromatic rings. The summed E-state index contributed by atoms with van der Waals surface area (Å²) in [6.07, 6.45) is 5.45. The second-order valence-electron chi connectivity index (χ2n) is 5.45. The first-order valence-corrected chi connectivity index (χ1v) is 7.58. The van der Waals surface area contributed by atoms with E-state index in [2.05, 4.69) is 51.6 Å². The smallest absolute Gasteiger partial charge is 0.159 e. The van der Waals surface area contributed by atoms with E-state index in [0.29, 0.717) is 6.04 Å². The monoisotopic (exact) mass is 270 g/mol. The highest BCUT2D eigenvalue weighted by Crippen LogP contribution is 2.26. The number of anilines is 1. The fourth-order valence-electron chi connectivity index (χ4n) is 3.03. The van der Waals surface area contributed by atoms with Gasteiger partial charge in [-0.05, 0) is 25.8 Å². The molecule has 1 aliphatic heterocycles. The molecule has 1 aliphatic rings. The highest BCUT2D eigenvalue weighted by molar-refractivity contribution is 5.91. The van der Waals surface area contributed by atoms with Gasteiger partial charge in [-0.3, -0.25) is 0 Å². The highest BCUT2D eigenvalue weighted by atomic mass is 15.3. The van der Waals surface area contributed by atoms with Gasteiger partial charge in [0.15, 0.2) is 5.82 Å². The standard InChI is InChI=1S/C16H22N4/c1-2-10-20(14-7-5-9-17-12-14)16-15-8-4-3-6-13(15)11-18-19-16/h3-4,6,8,11,14,17H,2,5,7,9-10,12H2,1H3. The molecule has 1 atom stereocenters. The minimum atomic E-state index is 0.531. The van der Waals surface area contributed by atoms with Gasteiger partial charge in [0.05, 0.1) is 6.20 Å². The van der Waals surface area contributed by atoms with Crippen molar-refractivity contribution in [2.75, 3.05) is 24.5 Å². The number of hydrogen-bond acceptors (Lipinski definition) is 4. The fourth-order valence-corrected chi connectivity index (χ4v) is 3.03. The molecule has 106 valence electrons. The largest absolute Gasteiger partial charge is 0.350 e. The third kappa shape index (κ3) is 2.61. The van der Waals surface area contributed by atoms with Crippen LogP contribution in [0.2, 0.25) is 0 Å². The quantitative estimate of drug-likeness (QED) is 0.927. The highest BCUT2D eigenvalue weighted by Gasteiger charge is 2.23. The van der Waals surface area contributed by atoms with Crippen LogP contribution in [0.4, 0.5) is 5.82 Å². The Morgan fingerprint density at radius 3 is 3.05 bits per heavy atom. The minimum Gasteiger partial charge on any atom is -0.350 e. The van der Waals surface area contributed by atoms with Crippen LogP contribution in [0.1, 0.15) is 26.2 Å². The predicted molar refractivity (Wildman–Crippen MR) is 83.1 cm³/mol. The molecule has 1 N–H and O–H groups in total. The fraction of sp³-hybridized carbons (Fsp3) is 0.500. The summed E-state index contributed by atoms with van der Waals surface area (Å²) in [5.41, 5.74) is 0. The topological polar surface area (TPSA) is 41.1 Å². The number of piperidine rings is 1. The lowest BCUT2D eigenvalue weighted by molar-refractivity contribution is 0.429. The van der Waals surface area contributed by atoms with Crippen molar-refractivity contribution in [2.24, 2.45) is 0 Å². The van der Waals surface area contributed by atoms with Crippen molar-refractivity contribution in [1.82, 2.24) is 15.5 Å². The number of fused-ring (bicyclic) bond motifs is 1. The van der Waals surface area contributed by atoms with Gasteiger partial charge in [0.25, 0.3) is 0 Å². The summed E-state index contributed by atoms with van der Waals surface area (Å²) in [7, 11) is 0. The van der Waals surface area contributed by atoms with Crippen molar-refractivity contribution >= 4 is 16.6 Å². The maximum absolute atomic E-state index is 4.45. The Balaban J connectivity index is 2.00. The zero-order valence-electron chi connectivity index (χ0n) is 12.0. The second kappa shape index (κ2) is 6.18. The minimum absolute atomic E-state index is 0.531. The summed E-state index contributed by atoms with van der Waals surface area (Å²) >= 11 is 0. The van der Waals surface area contributed by atoms with Crippen molar-refractivity contribution in [2.45, 2.75) is 32.2 Å². The molecule has 1 aromatic carbocycles. The van der Waals surface area contributed by atoms with E-state index in [9.17, 15) is 0 Å². The molecular weight excluding hydrogens is 248 g/mol. The van der Waals surface area contributed by atoms with E-state index in [0.717, 1.165) is 31.9 Å². The molecule has 4 heteroatoms. The van der Waals surface area contributed by atoms with Crippen LogP contribution in [0.5, 0.6) is 0 Å². The van der Waals surface area contributed by atoms with Gasteiger partial charge in [-0.2, -0.15) is 5.10 Å². The maximum Gasteiger partial charge on any atom is 0.159 e. The van der Waals surface area contributed by atoms with Crippen LogP contribution < -0.4 is 10.2 Å². The van der Waals surface area contributed by atoms with Crippen LogP contribution in [-0.2, 0) is 0 Å². The van der Waals surface area contributed by atoms with Gasteiger partial charge in [0.1, 0.15) is 0 Å². The normalized spacial score (nSPS) is 19.1. The summed E-state index contributed by atoms with van der Waals surface area (Å²) in [5.74, 6) is 1.04. The third-order valence-corrected chi connectivity index (χ3v) is 4.00. The van der Waals surface area contributed by atoms with Crippen molar-refractivity contribution < 1.29 is 0 Å². The summed E-state index contributed by atoms with van der Waals surface area (Å²) in [5, 5.41) is 14.5. The molecular formula is C16H22N4. The van der Waals surface area contributed by atoms with Crippen LogP contribution in [-0.4, -0.2) is 35.9 Å². The Morgan fingerprint density at radius 1 is 1.35 bits per heavy atom. The molecule has 4 nitrogen and oxygen atoms in total. The van der Waals surface area contributed by atoms with E-state index in [1.807, 2.05) is 6.20 Å².